The lowest BCUT2D eigenvalue weighted by Gasteiger charge is -2.15. The fraction of sp³-hybridized carbons (Fsp3) is 0.467. The highest BCUT2D eigenvalue weighted by atomic mass is 15.2. The van der Waals surface area contributed by atoms with Crippen LogP contribution < -0.4 is 0 Å². The molecule has 0 N–H and O–H groups in total. The molecule has 2 heterocycles. The van der Waals surface area contributed by atoms with Crippen molar-refractivity contribution in [2.45, 2.75) is 26.3 Å². The highest BCUT2D eigenvalue weighted by molar-refractivity contribution is 5.84. The van der Waals surface area contributed by atoms with Crippen molar-refractivity contribution < 1.29 is 0 Å². The average Bonchev–Trinajstić information content (AvgIpc) is 2.90. The van der Waals surface area contributed by atoms with Crippen LogP contribution in [0.25, 0.3) is 10.9 Å². The molecule has 0 bridgehead atoms. The van der Waals surface area contributed by atoms with E-state index in [1.54, 1.807) is 0 Å². The monoisotopic (exact) mass is 228 g/mol. The summed E-state index contributed by atoms with van der Waals surface area (Å²) >= 11 is 0. The van der Waals surface area contributed by atoms with Gasteiger partial charge in [0.1, 0.15) is 0 Å². The number of benzene rings is 1. The second-order valence-corrected chi connectivity index (χ2v) is 5.19. The van der Waals surface area contributed by atoms with Crippen LogP contribution in [0.15, 0.2) is 24.3 Å². The van der Waals surface area contributed by atoms with Gasteiger partial charge in [0.25, 0.3) is 0 Å². The van der Waals surface area contributed by atoms with Gasteiger partial charge in [0, 0.05) is 24.7 Å². The number of likely N-dealkylation sites (tertiary alicyclic amines) is 1. The van der Waals surface area contributed by atoms with E-state index in [-0.39, 0.29) is 0 Å². The molecule has 0 unspecified atom stereocenters. The standard InChI is InChI=1S/C15H20N2/c1-12-6-5-7-13-10-14(16(2)15(12)13)11-17-8-3-4-9-17/h5-7,10H,3-4,8-9,11H2,1-2H3. The molecule has 0 aliphatic carbocycles. The lowest BCUT2D eigenvalue weighted by atomic mass is 10.2. The van der Waals surface area contributed by atoms with Gasteiger partial charge in [-0.1, -0.05) is 18.2 Å². The van der Waals surface area contributed by atoms with Crippen LogP contribution in [0.2, 0.25) is 0 Å². The van der Waals surface area contributed by atoms with E-state index in [0.29, 0.717) is 0 Å². The minimum Gasteiger partial charge on any atom is -0.346 e. The van der Waals surface area contributed by atoms with Gasteiger partial charge in [0.05, 0.1) is 5.52 Å². The van der Waals surface area contributed by atoms with Gasteiger partial charge in [0.15, 0.2) is 0 Å². The van der Waals surface area contributed by atoms with Crippen molar-refractivity contribution >= 4 is 10.9 Å². The first-order valence-corrected chi connectivity index (χ1v) is 6.52. The third-order valence-electron chi connectivity index (χ3n) is 3.94. The lowest BCUT2D eigenvalue weighted by Crippen LogP contribution is -2.19. The molecule has 1 aliphatic rings. The SMILES string of the molecule is Cc1cccc2cc(CN3CCCC3)n(C)c12. The highest BCUT2D eigenvalue weighted by Gasteiger charge is 2.14. The van der Waals surface area contributed by atoms with Crippen LogP contribution in [0.5, 0.6) is 0 Å². The van der Waals surface area contributed by atoms with Crippen molar-refractivity contribution in [3.63, 3.8) is 0 Å². The van der Waals surface area contributed by atoms with Gasteiger partial charge in [-0.05, 0) is 44.5 Å². The molecular formula is C15H20N2. The number of hydrogen-bond acceptors (Lipinski definition) is 1. The van der Waals surface area contributed by atoms with E-state index in [4.69, 9.17) is 0 Å². The zero-order valence-corrected chi connectivity index (χ0v) is 10.7. The molecule has 90 valence electrons. The maximum Gasteiger partial charge on any atom is 0.0510 e. The number of hydrogen-bond donors (Lipinski definition) is 0. The second-order valence-electron chi connectivity index (χ2n) is 5.19. The van der Waals surface area contributed by atoms with Crippen LogP contribution in [0.1, 0.15) is 24.1 Å². The van der Waals surface area contributed by atoms with Crippen molar-refractivity contribution in [1.29, 1.82) is 0 Å². The topological polar surface area (TPSA) is 8.17 Å². The molecule has 2 aromatic rings. The zero-order valence-electron chi connectivity index (χ0n) is 10.7. The molecule has 0 spiro atoms. The van der Waals surface area contributed by atoms with E-state index in [1.165, 1.54) is 48.1 Å². The summed E-state index contributed by atoms with van der Waals surface area (Å²) in [4.78, 5) is 2.56. The molecule has 0 radical (unpaired) electrons. The van der Waals surface area contributed by atoms with E-state index in [9.17, 15) is 0 Å². The molecule has 1 aliphatic heterocycles. The van der Waals surface area contributed by atoms with Crippen LogP contribution in [0.4, 0.5) is 0 Å². The number of aryl methyl sites for hydroxylation is 2. The van der Waals surface area contributed by atoms with Crippen LogP contribution in [0, 0.1) is 6.92 Å². The van der Waals surface area contributed by atoms with E-state index < -0.39 is 0 Å². The van der Waals surface area contributed by atoms with Crippen LogP contribution >= 0.6 is 0 Å². The molecular weight excluding hydrogens is 208 g/mol. The normalized spacial score (nSPS) is 17.1. The first kappa shape index (κ1) is 10.8. The quantitative estimate of drug-likeness (QED) is 0.767. The van der Waals surface area contributed by atoms with E-state index >= 15 is 0 Å². The Hall–Kier alpha value is -1.28. The summed E-state index contributed by atoms with van der Waals surface area (Å²) in [6.07, 6.45) is 2.73. The number of fused-ring (bicyclic) bond motifs is 1. The summed E-state index contributed by atoms with van der Waals surface area (Å²) in [6.45, 7) is 5.83. The minimum atomic E-state index is 1.10. The molecule has 2 heteroatoms. The third-order valence-corrected chi connectivity index (χ3v) is 3.94. The first-order chi connectivity index (χ1) is 8.25. The van der Waals surface area contributed by atoms with Crippen molar-refractivity contribution in [2.24, 2.45) is 7.05 Å². The summed E-state index contributed by atoms with van der Waals surface area (Å²) < 4.78 is 2.36. The summed E-state index contributed by atoms with van der Waals surface area (Å²) in [5.41, 5.74) is 4.20. The molecule has 1 fully saturated rings. The number of nitrogens with zero attached hydrogens (tertiary/aromatic N) is 2. The van der Waals surface area contributed by atoms with Gasteiger partial charge < -0.3 is 4.57 Å². The van der Waals surface area contributed by atoms with Gasteiger partial charge in [-0.3, -0.25) is 4.90 Å². The average molecular weight is 228 g/mol. The summed E-state index contributed by atoms with van der Waals surface area (Å²) in [6, 6.07) is 8.91. The summed E-state index contributed by atoms with van der Waals surface area (Å²) in [7, 11) is 2.20. The Labute approximate surface area is 103 Å². The van der Waals surface area contributed by atoms with Crippen molar-refractivity contribution in [3.05, 3.63) is 35.5 Å². The molecule has 0 saturated carbocycles. The molecule has 1 aromatic heterocycles. The van der Waals surface area contributed by atoms with Crippen LogP contribution in [-0.4, -0.2) is 22.6 Å². The fourth-order valence-electron chi connectivity index (χ4n) is 3.00. The summed E-state index contributed by atoms with van der Waals surface area (Å²) in [5, 5.41) is 1.38. The largest absolute Gasteiger partial charge is 0.346 e. The van der Waals surface area contributed by atoms with Crippen LogP contribution in [-0.2, 0) is 13.6 Å². The Morgan fingerprint density at radius 2 is 1.94 bits per heavy atom. The number of aromatic nitrogens is 1. The molecule has 2 nitrogen and oxygen atoms in total. The van der Waals surface area contributed by atoms with Gasteiger partial charge in [0.2, 0.25) is 0 Å². The molecule has 1 saturated heterocycles. The zero-order chi connectivity index (χ0) is 11.8. The molecule has 1 aromatic carbocycles. The van der Waals surface area contributed by atoms with Gasteiger partial charge in [-0.2, -0.15) is 0 Å². The lowest BCUT2D eigenvalue weighted by molar-refractivity contribution is 0.324. The second kappa shape index (κ2) is 4.19. The van der Waals surface area contributed by atoms with Gasteiger partial charge in [-0.25, -0.2) is 0 Å². The predicted octanol–water partition coefficient (Wildman–Crippen LogP) is 3.08. The third kappa shape index (κ3) is 1.87. The molecule has 0 amide bonds. The Balaban J connectivity index is 1.99. The van der Waals surface area contributed by atoms with E-state index in [2.05, 4.69) is 47.7 Å². The fourth-order valence-corrected chi connectivity index (χ4v) is 3.00. The molecule has 0 atom stereocenters. The predicted molar refractivity (Wildman–Crippen MR) is 72.2 cm³/mol. The maximum atomic E-state index is 2.56. The van der Waals surface area contributed by atoms with Gasteiger partial charge >= 0.3 is 0 Å². The number of rotatable bonds is 2. The van der Waals surface area contributed by atoms with Crippen molar-refractivity contribution in [1.82, 2.24) is 9.47 Å². The summed E-state index contributed by atoms with van der Waals surface area (Å²) in [5.74, 6) is 0. The Bertz CT molecular complexity index is 533. The van der Waals surface area contributed by atoms with Crippen LogP contribution in [0.3, 0.4) is 0 Å². The Morgan fingerprint density at radius 1 is 1.18 bits per heavy atom. The molecule has 3 rings (SSSR count). The smallest absolute Gasteiger partial charge is 0.0510 e. The maximum absolute atomic E-state index is 2.56. The van der Waals surface area contributed by atoms with Gasteiger partial charge in [-0.15, -0.1) is 0 Å². The van der Waals surface area contributed by atoms with E-state index in [0.717, 1.165) is 6.54 Å². The number of para-hydroxylation sites is 1. The minimum absolute atomic E-state index is 1.10. The van der Waals surface area contributed by atoms with Crippen molar-refractivity contribution in [3.8, 4) is 0 Å². The van der Waals surface area contributed by atoms with Crippen molar-refractivity contribution in [2.75, 3.05) is 13.1 Å². The molecule has 17 heavy (non-hydrogen) atoms. The first-order valence-electron chi connectivity index (χ1n) is 6.52. The Morgan fingerprint density at radius 3 is 2.65 bits per heavy atom. The Kier molecular flexibility index (Phi) is 2.67. The highest BCUT2D eigenvalue weighted by Crippen LogP contribution is 2.23. The van der Waals surface area contributed by atoms with E-state index in [1.807, 2.05) is 0 Å².